The van der Waals surface area contributed by atoms with E-state index in [1.165, 1.54) is 16.9 Å². The lowest BCUT2D eigenvalue weighted by atomic mass is 10.1. The molecule has 4 heterocycles. The van der Waals surface area contributed by atoms with E-state index in [1.807, 2.05) is 53.9 Å². The Hall–Kier alpha value is -2.91. The van der Waals surface area contributed by atoms with Crippen LogP contribution in [-0.4, -0.2) is 39.3 Å². The fourth-order valence-corrected chi connectivity index (χ4v) is 5.62. The Morgan fingerprint density at radius 1 is 1.32 bits per heavy atom. The van der Waals surface area contributed by atoms with Gasteiger partial charge in [0.15, 0.2) is 0 Å². The van der Waals surface area contributed by atoms with Crippen molar-refractivity contribution in [3.63, 3.8) is 0 Å². The summed E-state index contributed by atoms with van der Waals surface area (Å²) in [6, 6.07) is 13.7. The SMILES string of the molecule is C[C@@H](Oc1cc(-c2cnc3ccc(CN4CC[C@H](N)C4)cn23)sc1C(N)=O)c1ccccc1Cl. The maximum atomic E-state index is 12.2. The molecule has 1 saturated heterocycles. The van der Waals surface area contributed by atoms with Crippen molar-refractivity contribution in [2.75, 3.05) is 13.1 Å². The van der Waals surface area contributed by atoms with Gasteiger partial charge in [-0.2, -0.15) is 0 Å². The van der Waals surface area contributed by atoms with E-state index in [0.717, 1.165) is 47.8 Å². The van der Waals surface area contributed by atoms with Crippen molar-refractivity contribution in [3.05, 3.63) is 75.9 Å². The Morgan fingerprint density at radius 2 is 2.15 bits per heavy atom. The largest absolute Gasteiger partial charge is 0.484 e. The van der Waals surface area contributed by atoms with E-state index in [2.05, 4.69) is 22.1 Å². The molecule has 0 saturated carbocycles. The summed E-state index contributed by atoms with van der Waals surface area (Å²) in [6.07, 6.45) is 4.58. The van der Waals surface area contributed by atoms with Crippen LogP contribution in [0, 0.1) is 0 Å². The highest BCUT2D eigenvalue weighted by Gasteiger charge is 2.22. The van der Waals surface area contributed by atoms with E-state index in [4.69, 9.17) is 27.8 Å². The van der Waals surface area contributed by atoms with Gasteiger partial charge in [-0.05, 0) is 31.0 Å². The number of nitrogens with two attached hydrogens (primary N) is 2. The van der Waals surface area contributed by atoms with Crippen LogP contribution in [0.25, 0.3) is 16.2 Å². The molecule has 4 N–H and O–H groups in total. The Balaban J connectivity index is 1.46. The molecule has 0 unspecified atom stereocenters. The molecule has 1 aromatic carbocycles. The second-order valence-electron chi connectivity index (χ2n) is 8.64. The minimum absolute atomic E-state index is 0.248. The fraction of sp³-hybridized carbons (Fsp3) is 0.280. The lowest BCUT2D eigenvalue weighted by Gasteiger charge is -2.16. The third-order valence-electron chi connectivity index (χ3n) is 6.10. The van der Waals surface area contributed by atoms with Gasteiger partial charge < -0.3 is 16.2 Å². The van der Waals surface area contributed by atoms with Crippen molar-refractivity contribution in [2.24, 2.45) is 11.5 Å². The van der Waals surface area contributed by atoms with Crippen molar-refractivity contribution in [1.29, 1.82) is 0 Å². The topological polar surface area (TPSA) is 98.9 Å². The number of fused-ring (bicyclic) bond motifs is 1. The van der Waals surface area contributed by atoms with Crippen molar-refractivity contribution in [1.82, 2.24) is 14.3 Å². The Kier molecular flexibility index (Phi) is 6.31. The van der Waals surface area contributed by atoms with Crippen LogP contribution >= 0.6 is 22.9 Å². The van der Waals surface area contributed by atoms with Crippen LogP contribution in [0.2, 0.25) is 5.02 Å². The molecule has 0 radical (unpaired) electrons. The number of amides is 1. The highest BCUT2D eigenvalue weighted by Crippen LogP contribution is 2.39. The molecule has 7 nitrogen and oxygen atoms in total. The van der Waals surface area contributed by atoms with Crippen LogP contribution in [0.1, 0.15) is 40.2 Å². The van der Waals surface area contributed by atoms with Gasteiger partial charge in [0.2, 0.25) is 0 Å². The molecule has 176 valence electrons. The first-order chi connectivity index (χ1) is 16.4. The smallest absolute Gasteiger partial charge is 0.262 e. The normalized spacial score (nSPS) is 17.3. The zero-order valence-corrected chi connectivity index (χ0v) is 20.4. The van der Waals surface area contributed by atoms with Crippen molar-refractivity contribution in [2.45, 2.75) is 32.0 Å². The van der Waals surface area contributed by atoms with Crippen LogP contribution < -0.4 is 16.2 Å². The van der Waals surface area contributed by atoms with Crippen LogP contribution in [-0.2, 0) is 6.54 Å². The number of pyridine rings is 1. The molecule has 9 heteroatoms. The van der Waals surface area contributed by atoms with E-state index in [0.29, 0.717) is 15.6 Å². The molecule has 2 atom stereocenters. The minimum Gasteiger partial charge on any atom is -0.484 e. The number of aromatic nitrogens is 2. The quantitative estimate of drug-likeness (QED) is 0.393. The summed E-state index contributed by atoms with van der Waals surface area (Å²) in [5.74, 6) is -0.0884. The number of rotatable bonds is 7. The van der Waals surface area contributed by atoms with Gasteiger partial charge in [-0.1, -0.05) is 35.9 Å². The number of likely N-dealkylation sites (tertiary alicyclic amines) is 1. The van der Waals surface area contributed by atoms with Crippen molar-refractivity contribution < 1.29 is 9.53 Å². The van der Waals surface area contributed by atoms with E-state index in [9.17, 15) is 4.79 Å². The second kappa shape index (κ2) is 9.38. The number of benzene rings is 1. The minimum atomic E-state index is -0.530. The molecule has 1 fully saturated rings. The summed E-state index contributed by atoms with van der Waals surface area (Å²) in [4.78, 5) is 20.3. The second-order valence-corrected chi connectivity index (χ2v) is 10.1. The number of nitrogens with zero attached hydrogens (tertiary/aromatic N) is 3. The first-order valence-corrected chi connectivity index (χ1v) is 12.4. The molecule has 5 rings (SSSR count). The molecular weight excluding hydrogens is 470 g/mol. The molecule has 4 aromatic rings. The zero-order valence-electron chi connectivity index (χ0n) is 18.8. The highest BCUT2D eigenvalue weighted by atomic mass is 35.5. The van der Waals surface area contributed by atoms with Gasteiger partial charge >= 0.3 is 0 Å². The number of imidazole rings is 1. The first kappa shape index (κ1) is 22.9. The average molecular weight is 496 g/mol. The van der Waals surface area contributed by atoms with Gasteiger partial charge in [0.1, 0.15) is 22.4 Å². The molecule has 0 bridgehead atoms. The van der Waals surface area contributed by atoms with Gasteiger partial charge in [0.05, 0.1) is 16.8 Å². The number of primary amides is 1. The summed E-state index contributed by atoms with van der Waals surface area (Å²) in [6.45, 7) is 4.65. The number of carbonyl (C=O) groups is 1. The van der Waals surface area contributed by atoms with Gasteiger partial charge in [-0.25, -0.2) is 4.98 Å². The number of thiophene rings is 1. The van der Waals surface area contributed by atoms with E-state index < -0.39 is 5.91 Å². The third kappa shape index (κ3) is 4.54. The summed E-state index contributed by atoms with van der Waals surface area (Å²) >= 11 is 7.63. The van der Waals surface area contributed by atoms with Crippen LogP contribution in [0.15, 0.2) is 54.9 Å². The summed E-state index contributed by atoms with van der Waals surface area (Å²) in [5, 5.41) is 0.611. The monoisotopic (exact) mass is 495 g/mol. The van der Waals surface area contributed by atoms with Gasteiger partial charge in [0.25, 0.3) is 5.91 Å². The highest BCUT2D eigenvalue weighted by molar-refractivity contribution is 7.17. The standard InChI is InChI=1S/C25H26ClN5O2S/c1-15(18-4-2-3-5-19(18)26)33-21-10-22(34-24(21)25(28)32)20-11-29-23-7-6-16(13-31(20)23)12-30-9-8-17(27)14-30/h2-7,10-11,13,15,17H,8-9,12,14,27H2,1H3,(H2,28,32)/t15-,17+/m1/s1. The summed E-state index contributed by atoms with van der Waals surface area (Å²) < 4.78 is 8.21. The number of halogens is 1. The Labute approximate surface area is 206 Å². The fourth-order valence-electron chi connectivity index (χ4n) is 4.38. The molecule has 1 aliphatic heterocycles. The number of ether oxygens (including phenoxy) is 1. The van der Waals surface area contributed by atoms with Gasteiger partial charge in [0, 0.05) is 48.5 Å². The summed E-state index contributed by atoms with van der Waals surface area (Å²) in [5.41, 5.74) is 15.5. The van der Waals surface area contributed by atoms with Gasteiger partial charge in [-0.15, -0.1) is 11.3 Å². The van der Waals surface area contributed by atoms with Crippen LogP contribution in [0.4, 0.5) is 0 Å². The van der Waals surface area contributed by atoms with Crippen LogP contribution in [0.3, 0.4) is 0 Å². The van der Waals surface area contributed by atoms with Crippen molar-refractivity contribution >= 4 is 34.5 Å². The summed E-state index contributed by atoms with van der Waals surface area (Å²) in [7, 11) is 0. The van der Waals surface area contributed by atoms with Crippen LogP contribution in [0.5, 0.6) is 5.75 Å². The average Bonchev–Trinajstić information content (AvgIpc) is 3.52. The first-order valence-electron chi connectivity index (χ1n) is 11.2. The lowest BCUT2D eigenvalue weighted by Crippen LogP contribution is -2.26. The zero-order chi connectivity index (χ0) is 23.8. The maximum absolute atomic E-state index is 12.2. The lowest BCUT2D eigenvalue weighted by molar-refractivity contribution is 0.0998. The molecule has 1 aliphatic rings. The number of hydrogen-bond donors (Lipinski definition) is 2. The van der Waals surface area contributed by atoms with E-state index >= 15 is 0 Å². The number of hydrogen-bond acceptors (Lipinski definition) is 6. The third-order valence-corrected chi connectivity index (χ3v) is 7.60. The molecule has 0 spiro atoms. The van der Waals surface area contributed by atoms with E-state index in [1.54, 1.807) is 0 Å². The Bertz CT molecular complexity index is 1350. The Morgan fingerprint density at radius 3 is 2.88 bits per heavy atom. The maximum Gasteiger partial charge on any atom is 0.262 e. The van der Waals surface area contributed by atoms with Crippen molar-refractivity contribution in [3.8, 4) is 16.3 Å². The predicted octanol–water partition coefficient (Wildman–Crippen LogP) is 4.49. The molecule has 0 aliphatic carbocycles. The molecule has 3 aromatic heterocycles. The molecule has 34 heavy (non-hydrogen) atoms. The van der Waals surface area contributed by atoms with Gasteiger partial charge in [-0.3, -0.25) is 14.1 Å². The predicted molar refractivity (Wildman–Crippen MR) is 135 cm³/mol. The van der Waals surface area contributed by atoms with E-state index in [-0.39, 0.29) is 12.1 Å². The molecular formula is C25H26ClN5O2S. The molecule has 1 amide bonds. The number of carbonyl (C=O) groups excluding carboxylic acids is 1.